The molecule has 2 amide bonds. The zero-order valence-corrected chi connectivity index (χ0v) is 15.8. The largest absolute Gasteiger partial charge is 0.326 e. The lowest BCUT2D eigenvalue weighted by Crippen LogP contribution is -2.27. The van der Waals surface area contributed by atoms with Crippen LogP contribution in [0.5, 0.6) is 0 Å². The summed E-state index contributed by atoms with van der Waals surface area (Å²) < 4.78 is 0. The van der Waals surface area contributed by atoms with Crippen molar-refractivity contribution < 1.29 is 9.59 Å². The van der Waals surface area contributed by atoms with Gasteiger partial charge in [0, 0.05) is 28.9 Å². The van der Waals surface area contributed by atoms with Gasteiger partial charge in [-0.15, -0.1) is 11.8 Å². The van der Waals surface area contributed by atoms with Gasteiger partial charge in [-0.1, -0.05) is 42.5 Å². The lowest BCUT2D eigenvalue weighted by Gasteiger charge is -2.23. The fraction of sp³-hybridized carbons (Fsp3) is 0.0909. The maximum atomic E-state index is 13.0. The van der Waals surface area contributed by atoms with E-state index in [1.165, 1.54) is 18.7 Å². The van der Waals surface area contributed by atoms with Crippen LogP contribution in [0.1, 0.15) is 6.92 Å². The summed E-state index contributed by atoms with van der Waals surface area (Å²) in [4.78, 5) is 26.9. The van der Waals surface area contributed by atoms with E-state index in [1.807, 2.05) is 84.9 Å². The van der Waals surface area contributed by atoms with Crippen molar-refractivity contribution in [2.75, 3.05) is 16.0 Å². The Kier molecular flexibility index (Phi) is 6.28. The molecule has 0 spiro atoms. The first-order valence-electron chi connectivity index (χ1n) is 8.57. The van der Waals surface area contributed by atoms with Crippen molar-refractivity contribution in [3.05, 3.63) is 84.9 Å². The van der Waals surface area contributed by atoms with Crippen molar-refractivity contribution in [3.8, 4) is 0 Å². The molecule has 3 aromatic carbocycles. The summed E-state index contributed by atoms with van der Waals surface area (Å²) in [5, 5.41) is 2.76. The number of rotatable bonds is 6. The van der Waals surface area contributed by atoms with Gasteiger partial charge >= 0.3 is 0 Å². The first-order valence-corrected chi connectivity index (χ1v) is 9.55. The number of nitrogens with one attached hydrogen (secondary N) is 1. The first-order chi connectivity index (χ1) is 13.1. The molecule has 0 aliphatic carbocycles. The van der Waals surface area contributed by atoms with Crippen molar-refractivity contribution in [1.82, 2.24) is 0 Å². The summed E-state index contributed by atoms with van der Waals surface area (Å²) in [5.74, 6) is 0.155. The molecule has 3 rings (SSSR count). The maximum Gasteiger partial charge on any atom is 0.241 e. The SMILES string of the molecule is CC(=O)Nc1cccc(SCC(=O)N(c2ccccc2)c2ccccc2)c1. The van der Waals surface area contributed by atoms with Gasteiger partial charge in [-0.2, -0.15) is 0 Å². The molecule has 5 heteroatoms. The Labute approximate surface area is 163 Å². The zero-order chi connectivity index (χ0) is 19.1. The molecule has 0 aromatic heterocycles. The number of benzene rings is 3. The number of anilines is 3. The molecule has 0 unspecified atom stereocenters. The molecular formula is C22H20N2O2S. The minimum Gasteiger partial charge on any atom is -0.326 e. The molecule has 4 nitrogen and oxygen atoms in total. The molecule has 0 aliphatic rings. The average Bonchev–Trinajstić information content (AvgIpc) is 2.68. The highest BCUT2D eigenvalue weighted by Crippen LogP contribution is 2.28. The van der Waals surface area contributed by atoms with Crippen LogP contribution in [0, 0.1) is 0 Å². The van der Waals surface area contributed by atoms with E-state index in [1.54, 1.807) is 4.90 Å². The summed E-state index contributed by atoms with van der Waals surface area (Å²) in [6.45, 7) is 1.47. The monoisotopic (exact) mass is 376 g/mol. The number of carbonyl (C=O) groups excluding carboxylic acids is 2. The third-order valence-corrected chi connectivity index (χ3v) is 4.77. The van der Waals surface area contributed by atoms with E-state index < -0.39 is 0 Å². The van der Waals surface area contributed by atoms with Crippen LogP contribution in [-0.2, 0) is 9.59 Å². The standard InChI is InChI=1S/C22H20N2O2S/c1-17(25)23-18-9-8-14-21(15-18)27-16-22(26)24(19-10-4-2-5-11-19)20-12-6-3-7-13-20/h2-15H,16H2,1H3,(H,23,25). The lowest BCUT2D eigenvalue weighted by molar-refractivity contribution is -0.115. The van der Waals surface area contributed by atoms with Gasteiger partial charge in [0.05, 0.1) is 5.75 Å². The van der Waals surface area contributed by atoms with Crippen LogP contribution in [0.15, 0.2) is 89.8 Å². The van der Waals surface area contributed by atoms with Crippen LogP contribution in [0.4, 0.5) is 17.1 Å². The van der Waals surface area contributed by atoms with E-state index in [9.17, 15) is 9.59 Å². The molecule has 0 bridgehead atoms. The van der Waals surface area contributed by atoms with Crippen molar-refractivity contribution in [1.29, 1.82) is 0 Å². The van der Waals surface area contributed by atoms with E-state index in [0.29, 0.717) is 0 Å². The predicted molar refractivity (Wildman–Crippen MR) is 111 cm³/mol. The van der Waals surface area contributed by atoms with E-state index in [-0.39, 0.29) is 17.6 Å². The third kappa shape index (κ3) is 5.21. The minimum atomic E-state index is -0.118. The summed E-state index contributed by atoms with van der Waals surface area (Å²) in [5.41, 5.74) is 2.39. The van der Waals surface area contributed by atoms with Crippen molar-refractivity contribution in [2.24, 2.45) is 0 Å². The van der Waals surface area contributed by atoms with Crippen LogP contribution in [0.3, 0.4) is 0 Å². The fourth-order valence-corrected chi connectivity index (χ4v) is 3.47. The van der Waals surface area contributed by atoms with Gasteiger partial charge in [-0.25, -0.2) is 0 Å². The topological polar surface area (TPSA) is 49.4 Å². The Morgan fingerprint density at radius 3 is 2.00 bits per heavy atom. The van der Waals surface area contributed by atoms with Crippen molar-refractivity contribution in [3.63, 3.8) is 0 Å². The van der Waals surface area contributed by atoms with Crippen LogP contribution in [0.2, 0.25) is 0 Å². The minimum absolute atomic E-state index is 0.0117. The zero-order valence-electron chi connectivity index (χ0n) is 15.0. The lowest BCUT2D eigenvalue weighted by atomic mass is 10.2. The molecule has 1 N–H and O–H groups in total. The van der Waals surface area contributed by atoms with Crippen molar-refractivity contribution >= 4 is 40.6 Å². The molecule has 27 heavy (non-hydrogen) atoms. The second-order valence-corrected chi connectivity index (χ2v) is 6.95. The van der Waals surface area contributed by atoms with E-state index in [4.69, 9.17) is 0 Å². The number of para-hydroxylation sites is 2. The third-order valence-electron chi connectivity index (χ3n) is 3.79. The number of carbonyl (C=O) groups is 2. The Hall–Kier alpha value is -3.05. The van der Waals surface area contributed by atoms with Gasteiger partial charge in [0.15, 0.2) is 0 Å². The highest BCUT2D eigenvalue weighted by molar-refractivity contribution is 8.00. The van der Waals surface area contributed by atoms with Gasteiger partial charge in [0.1, 0.15) is 0 Å². The van der Waals surface area contributed by atoms with Crippen LogP contribution in [0.25, 0.3) is 0 Å². The van der Waals surface area contributed by atoms with Gasteiger partial charge in [-0.3, -0.25) is 14.5 Å². The summed E-state index contributed by atoms with van der Waals surface area (Å²) in [7, 11) is 0. The Morgan fingerprint density at radius 1 is 0.852 bits per heavy atom. The van der Waals surface area contributed by atoms with Crippen LogP contribution >= 0.6 is 11.8 Å². The van der Waals surface area contributed by atoms with E-state index in [2.05, 4.69) is 5.32 Å². The van der Waals surface area contributed by atoms with Crippen LogP contribution < -0.4 is 10.2 Å². The molecule has 0 atom stereocenters. The number of amides is 2. The summed E-state index contributed by atoms with van der Waals surface area (Å²) in [6, 6.07) is 26.7. The molecule has 0 radical (unpaired) electrons. The van der Waals surface area contributed by atoms with E-state index in [0.717, 1.165) is 22.0 Å². The Bertz CT molecular complexity index is 874. The average molecular weight is 376 g/mol. The normalized spacial score (nSPS) is 10.3. The first kappa shape index (κ1) is 18.7. The summed E-state index contributed by atoms with van der Waals surface area (Å²) >= 11 is 1.44. The molecule has 0 fully saturated rings. The molecular weight excluding hydrogens is 356 g/mol. The smallest absolute Gasteiger partial charge is 0.241 e. The van der Waals surface area contributed by atoms with Gasteiger partial charge in [0.2, 0.25) is 11.8 Å². The highest BCUT2D eigenvalue weighted by Gasteiger charge is 2.17. The molecule has 0 saturated carbocycles. The molecule has 0 heterocycles. The number of hydrogen-bond donors (Lipinski definition) is 1. The second-order valence-electron chi connectivity index (χ2n) is 5.90. The predicted octanol–water partition coefficient (Wildman–Crippen LogP) is 5.10. The van der Waals surface area contributed by atoms with E-state index >= 15 is 0 Å². The van der Waals surface area contributed by atoms with Crippen molar-refractivity contribution in [2.45, 2.75) is 11.8 Å². The highest BCUT2D eigenvalue weighted by atomic mass is 32.2. The Balaban J connectivity index is 1.77. The fourth-order valence-electron chi connectivity index (χ4n) is 2.67. The number of thioether (sulfide) groups is 1. The van der Waals surface area contributed by atoms with Gasteiger partial charge < -0.3 is 5.32 Å². The summed E-state index contributed by atoms with van der Waals surface area (Å²) in [6.07, 6.45) is 0. The molecule has 136 valence electrons. The molecule has 0 saturated heterocycles. The van der Waals surface area contributed by atoms with Gasteiger partial charge in [0.25, 0.3) is 0 Å². The molecule has 0 aliphatic heterocycles. The number of nitrogens with zero attached hydrogens (tertiary/aromatic N) is 1. The Morgan fingerprint density at radius 2 is 1.44 bits per heavy atom. The number of hydrogen-bond acceptors (Lipinski definition) is 3. The molecule has 3 aromatic rings. The van der Waals surface area contributed by atoms with Gasteiger partial charge in [-0.05, 0) is 42.5 Å². The second kappa shape index (κ2) is 9.05. The quantitative estimate of drug-likeness (QED) is 0.609. The van der Waals surface area contributed by atoms with Crippen LogP contribution in [-0.4, -0.2) is 17.6 Å². The maximum absolute atomic E-state index is 13.0.